The fraction of sp³-hybridized carbons (Fsp3) is 0.600. The van der Waals surface area contributed by atoms with Crippen LogP contribution < -0.4 is 15.0 Å². The molecule has 0 spiro atoms. The van der Waals surface area contributed by atoms with Crippen LogP contribution >= 0.6 is 0 Å². The molecule has 0 unspecified atom stereocenters. The molecule has 1 saturated heterocycles. The second-order valence-corrected chi connectivity index (χ2v) is 7.10. The number of nitrogens with one attached hydrogen (secondary N) is 1. The van der Waals surface area contributed by atoms with Gasteiger partial charge in [-0.15, -0.1) is 0 Å². The van der Waals surface area contributed by atoms with Gasteiger partial charge in [0.1, 0.15) is 11.3 Å². The summed E-state index contributed by atoms with van der Waals surface area (Å²) in [6.45, 7) is 8.47. The van der Waals surface area contributed by atoms with Crippen LogP contribution in [0.15, 0.2) is 22.6 Å². The fourth-order valence-corrected chi connectivity index (χ4v) is 3.22. The SMILES string of the molecule is CCCOc1ccc2oc(N3CCC(OC[C@H](C)NC(C)=O)CC3)nc2c1. The Morgan fingerprint density at radius 1 is 1.41 bits per heavy atom. The summed E-state index contributed by atoms with van der Waals surface area (Å²) in [4.78, 5) is 17.8. The number of fused-ring (bicyclic) bond motifs is 1. The van der Waals surface area contributed by atoms with Crippen molar-refractivity contribution in [3.05, 3.63) is 18.2 Å². The Morgan fingerprint density at radius 3 is 2.89 bits per heavy atom. The number of rotatable bonds is 8. The highest BCUT2D eigenvalue weighted by Gasteiger charge is 2.23. The van der Waals surface area contributed by atoms with E-state index in [2.05, 4.69) is 22.1 Å². The van der Waals surface area contributed by atoms with E-state index in [-0.39, 0.29) is 18.1 Å². The fourth-order valence-electron chi connectivity index (χ4n) is 3.22. The lowest BCUT2D eigenvalue weighted by molar-refractivity contribution is -0.120. The molecular formula is C20H29N3O4. The van der Waals surface area contributed by atoms with Crippen LogP contribution in [0.2, 0.25) is 0 Å². The van der Waals surface area contributed by atoms with Crippen molar-refractivity contribution in [1.29, 1.82) is 0 Å². The van der Waals surface area contributed by atoms with E-state index in [1.54, 1.807) is 0 Å². The van der Waals surface area contributed by atoms with E-state index in [1.165, 1.54) is 6.92 Å². The van der Waals surface area contributed by atoms with Gasteiger partial charge in [0, 0.05) is 32.1 Å². The summed E-state index contributed by atoms with van der Waals surface area (Å²) in [5.41, 5.74) is 1.59. The molecule has 1 aromatic heterocycles. The molecule has 2 heterocycles. The van der Waals surface area contributed by atoms with Crippen molar-refractivity contribution in [2.75, 3.05) is 31.2 Å². The first-order chi connectivity index (χ1) is 13.0. The molecule has 1 fully saturated rings. The van der Waals surface area contributed by atoms with Gasteiger partial charge in [0.15, 0.2) is 5.58 Å². The maximum atomic E-state index is 11.1. The van der Waals surface area contributed by atoms with Gasteiger partial charge in [0.05, 0.1) is 19.3 Å². The van der Waals surface area contributed by atoms with E-state index in [9.17, 15) is 4.79 Å². The van der Waals surface area contributed by atoms with Crippen molar-refractivity contribution in [2.24, 2.45) is 0 Å². The lowest BCUT2D eigenvalue weighted by Gasteiger charge is -2.31. The lowest BCUT2D eigenvalue weighted by Crippen LogP contribution is -2.40. The number of carbonyl (C=O) groups is 1. The van der Waals surface area contributed by atoms with Crippen molar-refractivity contribution >= 4 is 23.0 Å². The van der Waals surface area contributed by atoms with Crippen molar-refractivity contribution in [1.82, 2.24) is 10.3 Å². The molecule has 7 heteroatoms. The third-order valence-electron chi connectivity index (χ3n) is 4.56. The normalized spacial score (nSPS) is 16.5. The molecule has 27 heavy (non-hydrogen) atoms. The molecule has 1 amide bonds. The topological polar surface area (TPSA) is 76.8 Å². The van der Waals surface area contributed by atoms with Crippen molar-refractivity contribution < 1.29 is 18.7 Å². The maximum Gasteiger partial charge on any atom is 0.298 e. The van der Waals surface area contributed by atoms with Crippen LogP contribution in [0.4, 0.5) is 6.01 Å². The molecule has 0 radical (unpaired) electrons. The smallest absolute Gasteiger partial charge is 0.298 e. The summed E-state index contributed by atoms with van der Waals surface area (Å²) in [6.07, 6.45) is 3.01. The van der Waals surface area contributed by atoms with Gasteiger partial charge in [0.25, 0.3) is 6.01 Å². The highest BCUT2D eigenvalue weighted by molar-refractivity contribution is 5.76. The highest BCUT2D eigenvalue weighted by atomic mass is 16.5. The second kappa shape index (κ2) is 9.08. The summed E-state index contributed by atoms with van der Waals surface area (Å²) in [7, 11) is 0. The van der Waals surface area contributed by atoms with E-state index in [0.717, 1.165) is 49.2 Å². The van der Waals surface area contributed by atoms with Gasteiger partial charge in [-0.3, -0.25) is 4.79 Å². The number of carbonyl (C=O) groups excluding carboxylic acids is 1. The minimum atomic E-state index is -0.0277. The first-order valence-electron chi connectivity index (χ1n) is 9.72. The minimum absolute atomic E-state index is 0.0277. The van der Waals surface area contributed by atoms with Gasteiger partial charge >= 0.3 is 0 Å². The average Bonchev–Trinajstić information content (AvgIpc) is 3.08. The Morgan fingerprint density at radius 2 is 2.19 bits per heavy atom. The number of piperidine rings is 1. The lowest BCUT2D eigenvalue weighted by atomic mass is 10.1. The summed E-state index contributed by atoms with van der Waals surface area (Å²) in [5, 5.41) is 2.84. The third-order valence-corrected chi connectivity index (χ3v) is 4.56. The summed E-state index contributed by atoms with van der Waals surface area (Å²) in [5.74, 6) is 0.796. The van der Waals surface area contributed by atoms with Crippen LogP contribution in [0.1, 0.15) is 40.0 Å². The number of nitrogens with zero attached hydrogens (tertiary/aromatic N) is 2. The molecule has 0 saturated carbocycles. The minimum Gasteiger partial charge on any atom is -0.494 e. The van der Waals surface area contributed by atoms with E-state index < -0.39 is 0 Å². The first-order valence-corrected chi connectivity index (χ1v) is 9.72. The first kappa shape index (κ1) is 19.5. The number of ether oxygens (including phenoxy) is 2. The van der Waals surface area contributed by atoms with Gasteiger partial charge in [0.2, 0.25) is 5.91 Å². The predicted molar refractivity (Wildman–Crippen MR) is 104 cm³/mol. The maximum absolute atomic E-state index is 11.1. The molecule has 0 aliphatic carbocycles. The Labute approximate surface area is 160 Å². The second-order valence-electron chi connectivity index (χ2n) is 7.10. The number of hydrogen-bond acceptors (Lipinski definition) is 6. The Kier molecular flexibility index (Phi) is 6.55. The van der Waals surface area contributed by atoms with Crippen LogP contribution in [0.5, 0.6) is 5.75 Å². The van der Waals surface area contributed by atoms with Crippen LogP contribution in [0, 0.1) is 0 Å². The summed E-state index contributed by atoms with van der Waals surface area (Å²) in [6, 6.07) is 6.45. The quantitative estimate of drug-likeness (QED) is 0.764. The van der Waals surface area contributed by atoms with Gasteiger partial charge < -0.3 is 24.1 Å². The van der Waals surface area contributed by atoms with Crippen LogP contribution in [0.3, 0.4) is 0 Å². The number of benzene rings is 1. The number of anilines is 1. The number of amides is 1. The average molecular weight is 375 g/mol. The molecule has 1 atom stereocenters. The Hall–Kier alpha value is -2.28. The monoisotopic (exact) mass is 375 g/mol. The van der Waals surface area contributed by atoms with E-state index in [1.807, 2.05) is 25.1 Å². The van der Waals surface area contributed by atoms with Crippen molar-refractivity contribution in [2.45, 2.75) is 52.2 Å². The Bertz CT molecular complexity index is 753. The zero-order chi connectivity index (χ0) is 19.2. The predicted octanol–water partition coefficient (Wildman–Crippen LogP) is 3.13. The Balaban J connectivity index is 1.52. The molecular weight excluding hydrogens is 346 g/mol. The molecule has 0 bridgehead atoms. The molecule has 1 N–H and O–H groups in total. The van der Waals surface area contributed by atoms with Crippen LogP contribution in [-0.2, 0) is 9.53 Å². The van der Waals surface area contributed by atoms with E-state index in [4.69, 9.17) is 13.9 Å². The number of hydrogen-bond donors (Lipinski definition) is 1. The zero-order valence-corrected chi connectivity index (χ0v) is 16.4. The standard InChI is InChI=1S/C20H29N3O4/c1-4-11-25-17-5-6-19-18(12-17)22-20(27-19)23-9-7-16(8-10-23)26-13-14(2)21-15(3)24/h5-6,12,14,16H,4,7-11,13H2,1-3H3,(H,21,24)/t14-/m0/s1. The highest BCUT2D eigenvalue weighted by Crippen LogP contribution is 2.27. The number of aromatic nitrogens is 1. The number of oxazole rings is 1. The molecule has 148 valence electrons. The van der Waals surface area contributed by atoms with Gasteiger partial charge in [-0.2, -0.15) is 4.98 Å². The van der Waals surface area contributed by atoms with E-state index >= 15 is 0 Å². The van der Waals surface area contributed by atoms with Crippen LogP contribution in [0.25, 0.3) is 11.1 Å². The largest absolute Gasteiger partial charge is 0.494 e. The van der Waals surface area contributed by atoms with Crippen molar-refractivity contribution in [3.63, 3.8) is 0 Å². The summed E-state index contributed by atoms with van der Waals surface area (Å²) < 4.78 is 17.5. The summed E-state index contributed by atoms with van der Waals surface area (Å²) >= 11 is 0. The van der Waals surface area contributed by atoms with Gasteiger partial charge in [-0.25, -0.2) is 0 Å². The van der Waals surface area contributed by atoms with Gasteiger partial charge in [-0.05, 0) is 38.3 Å². The molecule has 3 rings (SSSR count). The van der Waals surface area contributed by atoms with E-state index in [0.29, 0.717) is 19.2 Å². The molecule has 2 aromatic rings. The van der Waals surface area contributed by atoms with Crippen LogP contribution in [-0.4, -0.2) is 49.3 Å². The molecule has 1 aromatic carbocycles. The molecule has 1 aliphatic rings. The molecule has 1 aliphatic heterocycles. The zero-order valence-electron chi connectivity index (χ0n) is 16.4. The molecule has 7 nitrogen and oxygen atoms in total. The third kappa shape index (κ3) is 5.35. The van der Waals surface area contributed by atoms with Gasteiger partial charge in [-0.1, -0.05) is 6.92 Å². The van der Waals surface area contributed by atoms with Crippen molar-refractivity contribution in [3.8, 4) is 5.75 Å².